The first-order valence-corrected chi connectivity index (χ1v) is 7.14. The molecule has 0 fully saturated rings. The quantitative estimate of drug-likeness (QED) is 0.540. The second-order valence-electron chi connectivity index (χ2n) is 4.83. The van der Waals surface area contributed by atoms with Crippen molar-refractivity contribution in [2.24, 2.45) is 0 Å². The molecule has 0 radical (unpaired) electrons. The van der Waals surface area contributed by atoms with Crippen molar-refractivity contribution in [2.75, 3.05) is 7.11 Å². The van der Waals surface area contributed by atoms with Gasteiger partial charge in [-0.05, 0) is 36.4 Å². The first-order valence-electron chi connectivity index (χ1n) is 7.14. The lowest BCUT2D eigenvalue weighted by molar-refractivity contribution is 0.0730. The molecule has 0 atom stereocenters. The smallest absolute Gasteiger partial charge is 0.343 e. The highest BCUT2D eigenvalue weighted by molar-refractivity contribution is 5.91. The molecule has 0 aliphatic rings. The van der Waals surface area contributed by atoms with Crippen LogP contribution in [0, 0.1) is 0 Å². The van der Waals surface area contributed by atoms with Gasteiger partial charge in [0, 0.05) is 11.8 Å². The van der Waals surface area contributed by atoms with Crippen LogP contribution in [-0.2, 0) is 0 Å². The number of rotatable bonds is 4. The van der Waals surface area contributed by atoms with E-state index in [1.165, 1.54) is 7.11 Å². The summed E-state index contributed by atoms with van der Waals surface area (Å²) < 4.78 is 10.6. The van der Waals surface area contributed by atoms with Crippen molar-refractivity contribution in [3.8, 4) is 22.8 Å². The normalized spacial score (nSPS) is 10.1. The van der Waals surface area contributed by atoms with E-state index in [1.54, 1.807) is 36.5 Å². The van der Waals surface area contributed by atoms with Gasteiger partial charge in [0.15, 0.2) is 11.5 Å². The Kier molecular flexibility index (Phi) is 4.34. The summed E-state index contributed by atoms with van der Waals surface area (Å²) in [6.07, 6.45) is 1.74. The largest absolute Gasteiger partial charge is 0.493 e. The van der Waals surface area contributed by atoms with Gasteiger partial charge in [-0.1, -0.05) is 30.3 Å². The SMILES string of the molecule is COc1ccccc1OC(=O)c1ccc(-c2ccccn2)cc1. The Hall–Kier alpha value is -3.14. The summed E-state index contributed by atoms with van der Waals surface area (Å²) >= 11 is 0. The van der Waals surface area contributed by atoms with E-state index in [0.717, 1.165) is 11.3 Å². The molecule has 0 spiro atoms. The van der Waals surface area contributed by atoms with Crippen LogP contribution in [0.5, 0.6) is 11.5 Å². The van der Waals surface area contributed by atoms with Gasteiger partial charge in [-0.15, -0.1) is 0 Å². The fraction of sp³-hybridized carbons (Fsp3) is 0.0526. The van der Waals surface area contributed by atoms with Gasteiger partial charge in [-0.2, -0.15) is 0 Å². The van der Waals surface area contributed by atoms with Crippen molar-refractivity contribution < 1.29 is 14.3 Å². The fourth-order valence-electron chi connectivity index (χ4n) is 2.17. The van der Waals surface area contributed by atoms with Gasteiger partial charge in [0.1, 0.15) is 0 Å². The molecule has 0 bridgehead atoms. The van der Waals surface area contributed by atoms with Crippen LogP contribution in [-0.4, -0.2) is 18.1 Å². The molecule has 23 heavy (non-hydrogen) atoms. The van der Waals surface area contributed by atoms with E-state index in [9.17, 15) is 4.79 Å². The predicted molar refractivity (Wildman–Crippen MR) is 87.6 cm³/mol. The van der Waals surface area contributed by atoms with Crippen LogP contribution in [0.4, 0.5) is 0 Å². The number of ether oxygens (including phenoxy) is 2. The van der Waals surface area contributed by atoms with E-state index in [2.05, 4.69) is 4.98 Å². The molecule has 0 N–H and O–H groups in total. The molecule has 1 aromatic heterocycles. The third-order valence-corrected chi connectivity index (χ3v) is 3.35. The van der Waals surface area contributed by atoms with Gasteiger partial charge >= 0.3 is 5.97 Å². The van der Waals surface area contributed by atoms with Gasteiger partial charge in [-0.3, -0.25) is 4.98 Å². The average Bonchev–Trinajstić information content (AvgIpc) is 2.63. The third kappa shape index (κ3) is 3.37. The van der Waals surface area contributed by atoms with E-state index < -0.39 is 5.97 Å². The van der Waals surface area contributed by atoms with Crippen molar-refractivity contribution in [3.05, 3.63) is 78.5 Å². The number of benzene rings is 2. The number of hydrogen-bond acceptors (Lipinski definition) is 4. The van der Waals surface area contributed by atoms with Gasteiger partial charge in [0.2, 0.25) is 0 Å². The van der Waals surface area contributed by atoms with Crippen LogP contribution in [0.2, 0.25) is 0 Å². The molecule has 0 unspecified atom stereocenters. The molecule has 3 rings (SSSR count). The summed E-state index contributed by atoms with van der Waals surface area (Å²) in [7, 11) is 1.54. The lowest BCUT2D eigenvalue weighted by Gasteiger charge is -2.09. The van der Waals surface area contributed by atoms with Crippen molar-refractivity contribution in [1.82, 2.24) is 4.98 Å². The predicted octanol–water partition coefficient (Wildman–Crippen LogP) is 3.98. The van der Waals surface area contributed by atoms with E-state index in [4.69, 9.17) is 9.47 Å². The summed E-state index contributed by atoms with van der Waals surface area (Å²) in [6, 6.07) is 19.9. The van der Waals surface area contributed by atoms with Crippen molar-refractivity contribution in [2.45, 2.75) is 0 Å². The zero-order chi connectivity index (χ0) is 16.1. The maximum Gasteiger partial charge on any atom is 0.343 e. The topological polar surface area (TPSA) is 48.4 Å². The fourth-order valence-corrected chi connectivity index (χ4v) is 2.17. The Morgan fingerprint density at radius 1 is 0.870 bits per heavy atom. The molecule has 0 saturated heterocycles. The zero-order valence-corrected chi connectivity index (χ0v) is 12.6. The highest BCUT2D eigenvalue weighted by Gasteiger charge is 2.12. The second-order valence-corrected chi connectivity index (χ2v) is 4.83. The molecule has 0 amide bonds. The van der Waals surface area contributed by atoms with Crippen LogP contribution in [0.15, 0.2) is 72.9 Å². The summed E-state index contributed by atoms with van der Waals surface area (Å²) in [5.41, 5.74) is 2.27. The first kappa shape index (κ1) is 14.8. The zero-order valence-electron chi connectivity index (χ0n) is 12.6. The number of pyridine rings is 1. The number of para-hydroxylation sites is 2. The number of carbonyl (C=O) groups is 1. The maximum absolute atomic E-state index is 12.2. The minimum absolute atomic E-state index is 0.397. The summed E-state index contributed by atoms with van der Waals surface area (Å²) in [6.45, 7) is 0. The third-order valence-electron chi connectivity index (χ3n) is 3.35. The monoisotopic (exact) mass is 305 g/mol. The number of hydrogen-bond donors (Lipinski definition) is 0. The molecular weight excluding hydrogens is 290 g/mol. The molecule has 114 valence electrons. The Bertz CT molecular complexity index is 798. The molecule has 0 aliphatic heterocycles. The van der Waals surface area contributed by atoms with Gasteiger partial charge in [-0.25, -0.2) is 4.79 Å². The Labute approximate surface area is 134 Å². The minimum atomic E-state index is -0.429. The molecule has 2 aromatic carbocycles. The molecule has 3 aromatic rings. The van der Waals surface area contributed by atoms with Crippen LogP contribution >= 0.6 is 0 Å². The number of esters is 1. The molecule has 0 saturated carbocycles. The lowest BCUT2D eigenvalue weighted by atomic mass is 10.1. The first-order chi connectivity index (χ1) is 11.3. The van der Waals surface area contributed by atoms with Crippen LogP contribution < -0.4 is 9.47 Å². The van der Waals surface area contributed by atoms with Crippen LogP contribution in [0.3, 0.4) is 0 Å². The molecule has 0 aliphatic carbocycles. The van der Waals surface area contributed by atoms with E-state index in [0.29, 0.717) is 17.1 Å². The van der Waals surface area contributed by atoms with Gasteiger partial charge in [0.05, 0.1) is 18.4 Å². The highest BCUT2D eigenvalue weighted by Crippen LogP contribution is 2.27. The number of methoxy groups -OCH3 is 1. The number of carbonyl (C=O) groups excluding carboxylic acids is 1. The highest BCUT2D eigenvalue weighted by atomic mass is 16.6. The van der Waals surface area contributed by atoms with Gasteiger partial charge in [0.25, 0.3) is 0 Å². The summed E-state index contributed by atoms with van der Waals surface area (Å²) in [4.78, 5) is 16.5. The summed E-state index contributed by atoms with van der Waals surface area (Å²) in [5.74, 6) is 0.488. The lowest BCUT2D eigenvalue weighted by Crippen LogP contribution is -2.09. The second kappa shape index (κ2) is 6.75. The Balaban J connectivity index is 1.78. The van der Waals surface area contributed by atoms with E-state index >= 15 is 0 Å². The maximum atomic E-state index is 12.2. The summed E-state index contributed by atoms with van der Waals surface area (Å²) in [5, 5.41) is 0. The number of aromatic nitrogens is 1. The van der Waals surface area contributed by atoms with E-state index in [1.807, 2.05) is 36.4 Å². The molecule has 1 heterocycles. The molecule has 4 nitrogen and oxygen atoms in total. The van der Waals surface area contributed by atoms with Crippen molar-refractivity contribution in [1.29, 1.82) is 0 Å². The van der Waals surface area contributed by atoms with Crippen molar-refractivity contribution >= 4 is 5.97 Å². The molecular formula is C19H15NO3. The van der Waals surface area contributed by atoms with E-state index in [-0.39, 0.29) is 0 Å². The Morgan fingerprint density at radius 3 is 2.22 bits per heavy atom. The standard InChI is InChI=1S/C19H15NO3/c1-22-17-7-2-3-8-18(17)23-19(21)15-11-9-14(10-12-15)16-6-4-5-13-20-16/h2-13H,1H3. The molecule has 4 heteroatoms. The van der Waals surface area contributed by atoms with Crippen LogP contribution in [0.1, 0.15) is 10.4 Å². The van der Waals surface area contributed by atoms with Crippen LogP contribution in [0.25, 0.3) is 11.3 Å². The minimum Gasteiger partial charge on any atom is -0.493 e. The average molecular weight is 305 g/mol. The Morgan fingerprint density at radius 2 is 1.57 bits per heavy atom. The van der Waals surface area contributed by atoms with Gasteiger partial charge < -0.3 is 9.47 Å². The number of nitrogens with zero attached hydrogens (tertiary/aromatic N) is 1. The van der Waals surface area contributed by atoms with Crippen molar-refractivity contribution in [3.63, 3.8) is 0 Å².